The van der Waals surface area contributed by atoms with Crippen molar-refractivity contribution in [2.24, 2.45) is 0 Å². The molecule has 0 amide bonds. The first kappa shape index (κ1) is 18.6. The molecule has 1 heterocycles. The third kappa shape index (κ3) is 6.57. The van der Waals surface area contributed by atoms with Crippen molar-refractivity contribution in [2.45, 2.75) is 19.3 Å². The van der Waals surface area contributed by atoms with Gasteiger partial charge in [-0.3, -0.25) is 0 Å². The van der Waals surface area contributed by atoms with Crippen LogP contribution >= 0.6 is 33.9 Å². The zero-order valence-electron chi connectivity index (χ0n) is 14.4. The predicted octanol–water partition coefficient (Wildman–Crippen LogP) is 5.68. The third-order valence-corrected chi connectivity index (χ3v) is 6.38. The Bertz CT molecular complexity index is 695. The van der Waals surface area contributed by atoms with Crippen LogP contribution in [-0.2, 0) is 19.3 Å². The van der Waals surface area contributed by atoms with Crippen LogP contribution < -0.4 is 0 Å². The summed E-state index contributed by atoms with van der Waals surface area (Å²) in [6, 6.07) is 26.2. The van der Waals surface area contributed by atoms with Crippen molar-refractivity contribution in [3.63, 3.8) is 0 Å². The van der Waals surface area contributed by atoms with Crippen LogP contribution in [0.2, 0.25) is 0 Å². The molecule has 1 nitrogen and oxygen atoms in total. The van der Waals surface area contributed by atoms with Crippen LogP contribution in [0.5, 0.6) is 0 Å². The van der Waals surface area contributed by atoms with Gasteiger partial charge in [0, 0.05) is 24.5 Å². The average Bonchev–Trinajstić information content (AvgIpc) is 3.08. The van der Waals surface area contributed by atoms with Crippen LogP contribution in [0, 0.1) is 2.88 Å². The van der Waals surface area contributed by atoms with E-state index in [9.17, 15) is 0 Å². The summed E-state index contributed by atoms with van der Waals surface area (Å²) < 4.78 is 1.38. The van der Waals surface area contributed by atoms with Crippen LogP contribution in [-0.4, -0.2) is 24.5 Å². The Morgan fingerprint density at radius 3 is 1.64 bits per heavy atom. The van der Waals surface area contributed by atoms with Crippen LogP contribution in [0.4, 0.5) is 0 Å². The molecule has 0 atom stereocenters. The van der Waals surface area contributed by atoms with E-state index >= 15 is 0 Å². The summed E-state index contributed by atoms with van der Waals surface area (Å²) in [5.41, 5.74) is 2.86. The lowest BCUT2D eigenvalue weighted by Crippen LogP contribution is -2.30. The van der Waals surface area contributed by atoms with Gasteiger partial charge in [-0.1, -0.05) is 60.7 Å². The van der Waals surface area contributed by atoms with Gasteiger partial charge in [0.05, 0.1) is 2.88 Å². The van der Waals surface area contributed by atoms with E-state index in [1.165, 1.54) is 18.9 Å². The summed E-state index contributed by atoms with van der Waals surface area (Å²) >= 11 is 4.33. The zero-order valence-corrected chi connectivity index (χ0v) is 17.4. The Kier molecular flexibility index (Phi) is 7.52. The number of hydrogen-bond acceptors (Lipinski definition) is 2. The number of rotatable bonds is 9. The summed E-state index contributed by atoms with van der Waals surface area (Å²) in [7, 11) is 0. The highest BCUT2D eigenvalue weighted by Gasteiger charge is 2.08. The van der Waals surface area contributed by atoms with Gasteiger partial charge < -0.3 is 4.90 Å². The number of benzene rings is 2. The van der Waals surface area contributed by atoms with E-state index in [4.69, 9.17) is 0 Å². The second-order valence-electron chi connectivity index (χ2n) is 6.27. The van der Waals surface area contributed by atoms with Crippen molar-refractivity contribution in [3.8, 4) is 0 Å². The monoisotopic (exact) mass is 461 g/mol. The van der Waals surface area contributed by atoms with E-state index in [-0.39, 0.29) is 0 Å². The molecule has 0 bridgehead atoms. The molecule has 0 radical (unpaired) electrons. The largest absolute Gasteiger partial charge is 0.302 e. The summed E-state index contributed by atoms with van der Waals surface area (Å²) in [6.07, 6.45) is 3.40. The van der Waals surface area contributed by atoms with Gasteiger partial charge in [0.1, 0.15) is 0 Å². The molecule has 0 saturated heterocycles. The molecule has 130 valence electrons. The van der Waals surface area contributed by atoms with Crippen LogP contribution in [0.3, 0.4) is 0 Å². The highest BCUT2D eigenvalue weighted by atomic mass is 127. The molecule has 0 aliphatic carbocycles. The maximum absolute atomic E-state index is 2.62. The van der Waals surface area contributed by atoms with Crippen molar-refractivity contribution < 1.29 is 0 Å². The minimum absolute atomic E-state index is 1.12. The van der Waals surface area contributed by atoms with Crippen LogP contribution in [0.25, 0.3) is 0 Å². The zero-order chi connectivity index (χ0) is 17.3. The fraction of sp³-hybridized carbons (Fsp3) is 0.273. The van der Waals surface area contributed by atoms with E-state index in [1.807, 2.05) is 11.3 Å². The van der Waals surface area contributed by atoms with E-state index in [1.54, 1.807) is 0 Å². The highest BCUT2D eigenvalue weighted by Crippen LogP contribution is 2.19. The minimum Gasteiger partial charge on any atom is -0.302 e. The van der Waals surface area contributed by atoms with Gasteiger partial charge in [-0.05, 0) is 65.1 Å². The molecular weight excluding hydrogens is 437 g/mol. The minimum atomic E-state index is 1.12. The average molecular weight is 461 g/mol. The normalized spacial score (nSPS) is 11.1. The maximum Gasteiger partial charge on any atom is 0.0656 e. The van der Waals surface area contributed by atoms with Crippen molar-refractivity contribution >= 4 is 33.9 Å². The second kappa shape index (κ2) is 10.1. The van der Waals surface area contributed by atoms with Gasteiger partial charge in [0.15, 0.2) is 0 Å². The second-order valence-corrected chi connectivity index (χ2v) is 9.33. The van der Waals surface area contributed by atoms with E-state index in [0.29, 0.717) is 0 Å². The molecule has 3 rings (SSSR count). The summed E-state index contributed by atoms with van der Waals surface area (Å²) in [6.45, 7) is 3.38. The van der Waals surface area contributed by atoms with Gasteiger partial charge in [-0.15, -0.1) is 11.3 Å². The first-order valence-electron chi connectivity index (χ1n) is 8.84. The molecule has 0 aliphatic heterocycles. The van der Waals surface area contributed by atoms with E-state index < -0.39 is 0 Å². The molecule has 0 N–H and O–H groups in total. The SMILES string of the molecule is Ic1ccc(CCN(CCc2ccccc2)CCc2ccccc2)s1. The van der Waals surface area contributed by atoms with Gasteiger partial charge in [0.2, 0.25) is 0 Å². The predicted molar refractivity (Wildman–Crippen MR) is 117 cm³/mol. The topological polar surface area (TPSA) is 3.24 Å². The van der Waals surface area contributed by atoms with Gasteiger partial charge in [-0.2, -0.15) is 0 Å². The number of halogens is 1. The quantitative estimate of drug-likeness (QED) is 0.371. The lowest BCUT2D eigenvalue weighted by atomic mass is 10.1. The number of nitrogens with zero attached hydrogens (tertiary/aromatic N) is 1. The standard InChI is InChI=1S/C22H24INS/c23-22-12-11-21(25-22)15-18-24(16-13-19-7-3-1-4-8-19)17-14-20-9-5-2-6-10-20/h1-12H,13-18H2. The fourth-order valence-corrected chi connectivity index (χ4v) is 4.70. The molecular formula is C22H24INS. The van der Waals surface area contributed by atoms with Crippen molar-refractivity contribution in [1.29, 1.82) is 0 Å². The van der Waals surface area contributed by atoms with Crippen molar-refractivity contribution in [3.05, 3.63) is 91.7 Å². The van der Waals surface area contributed by atoms with Gasteiger partial charge in [-0.25, -0.2) is 0 Å². The summed E-state index contributed by atoms with van der Waals surface area (Å²) in [4.78, 5) is 4.11. The Morgan fingerprint density at radius 1 is 0.640 bits per heavy atom. The highest BCUT2D eigenvalue weighted by molar-refractivity contribution is 14.1. The summed E-state index contributed by atoms with van der Waals surface area (Å²) in [5.74, 6) is 0. The molecule has 3 heteroatoms. The Labute approximate surface area is 168 Å². The molecule has 0 saturated carbocycles. The summed E-state index contributed by atoms with van der Waals surface area (Å²) in [5, 5.41) is 0. The van der Waals surface area contributed by atoms with Crippen LogP contribution in [0.15, 0.2) is 72.8 Å². The molecule has 0 fully saturated rings. The Balaban J connectivity index is 1.56. The molecule has 0 aliphatic rings. The maximum atomic E-state index is 2.62. The van der Waals surface area contributed by atoms with E-state index in [0.717, 1.165) is 38.9 Å². The number of hydrogen-bond donors (Lipinski definition) is 0. The smallest absolute Gasteiger partial charge is 0.0656 e. The molecule has 1 aromatic heterocycles. The third-order valence-electron chi connectivity index (χ3n) is 4.42. The first-order valence-corrected chi connectivity index (χ1v) is 10.7. The number of thiophene rings is 1. The molecule has 25 heavy (non-hydrogen) atoms. The molecule has 0 unspecified atom stereocenters. The molecule has 2 aromatic carbocycles. The lowest BCUT2D eigenvalue weighted by molar-refractivity contribution is 0.284. The van der Waals surface area contributed by atoms with Gasteiger partial charge in [0.25, 0.3) is 0 Å². The van der Waals surface area contributed by atoms with Crippen LogP contribution in [0.1, 0.15) is 16.0 Å². The molecule has 3 aromatic rings. The lowest BCUT2D eigenvalue weighted by Gasteiger charge is -2.22. The molecule has 0 spiro atoms. The first-order chi connectivity index (χ1) is 12.3. The van der Waals surface area contributed by atoms with E-state index in [2.05, 4.69) is 100 Å². The fourth-order valence-electron chi connectivity index (χ4n) is 2.95. The Morgan fingerprint density at radius 2 is 1.16 bits per heavy atom. The van der Waals surface area contributed by atoms with Crippen molar-refractivity contribution in [1.82, 2.24) is 4.90 Å². The Hall–Kier alpha value is -1.17. The van der Waals surface area contributed by atoms with Crippen molar-refractivity contribution in [2.75, 3.05) is 19.6 Å². The van der Waals surface area contributed by atoms with Gasteiger partial charge >= 0.3 is 0 Å².